The number of carbonyl (C=O) groups is 1. The van der Waals surface area contributed by atoms with Gasteiger partial charge in [-0.15, -0.1) is 0 Å². The molecule has 5 nitrogen and oxygen atoms in total. The van der Waals surface area contributed by atoms with E-state index in [1.54, 1.807) is 19.2 Å². The van der Waals surface area contributed by atoms with Crippen LogP contribution in [-0.4, -0.2) is 23.0 Å². The second-order valence-electron chi connectivity index (χ2n) is 5.54. The molecule has 0 fully saturated rings. The van der Waals surface area contributed by atoms with Gasteiger partial charge in [-0.2, -0.15) is 0 Å². The molecule has 0 aliphatic heterocycles. The number of rotatable bonds is 4. The van der Waals surface area contributed by atoms with Gasteiger partial charge in [0.25, 0.3) is 5.91 Å². The SMILES string of the molecule is COc1ccccc1C(=O)NC(C)c1nc2ccc(C)cc2[nH]1. The maximum absolute atomic E-state index is 12.4. The molecule has 1 amide bonds. The highest BCUT2D eigenvalue weighted by molar-refractivity contribution is 5.97. The minimum Gasteiger partial charge on any atom is -0.496 e. The fourth-order valence-corrected chi connectivity index (χ4v) is 2.52. The number of nitrogens with one attached hydrogen (secondary N) is 2. The molecule has 0 radical (unpaired) electrons. The molecule has 2 N–H and O–H groups in total. The van der Waals surface area contributed by atoms with Gasteiger partial charge in [-0.05, 0) is 43.7 Å². The van der Waals surface area contributed by atoms with Crippen molar-refractivity contribution in [2.24, 2.45) is 0 Å². The predicted molar refractivity (Wildman–Crippen MR) is 89.7 cm³/mol. The summed E-state index contributed by atoms with van der Waals surface area (Å²) in [5, 5.41) is 2.95. The Kier molecular flexibility index (Phi) is 4.02. The fourth-order valence-electron chi connectivity index (χ4n) is 2.52. The second-order valence-corrected chi connectivity index (χ2v) is 5.54. The van der Waals surface area contributed by atoms with Gasteiger partial charge in [0.1, 0.15) is 11.6 Å². The summed E-state index contributed by atoms with van der Waals surface area (Å²) in [5.74, 6) is 1.10. The number of ether oxygens (including phenoxy) is 1. The molecular weight excluding hydrogens is 290 g/mol. The summed E-state index contributed by atoms with van der Waals surface area (Å²) < 4.78 is 5.23. The number of hydrogen-bond donors (Lipinski definition) is 2. The summed E-state index contributed by atoms with van der Waals surface area (Å²) in [5.41, 5.74) is 3.54. The van der Waals surface area contributed by atoms with Crippen LogP contribution in [0.2, 0.25) is 0 Å². The van der Waals surface area contributed by atoms with E-state index in [-0.39, 0.29) is 11.9 Å². The monoisotopic (exact) mass is 309 g/mol. The number of carbonyl (C=O) groups excluding carboxylic acids is 1. The number of methoxy groups -OCH3 is 1. The van der Waals surface area contributed by atoms with Gasteiger partial charge in [0.15, 0.2) is 0 Å². The van der Waals surface area contributed by atoms with Crippen LogP contribution in [0.1, 0.15) is 34.7 Å². The third-order valence-corrected chi connectivity index (χ3v) is 3.77. The summed E-state index contributed by atoms with van der Waals surface area (Å²) in [6.45, 7) is 3.94. The van der Waals surface area contributed by atoms with Crippen molar-refractivity contribution in [1.29, 1.82) is 0 Å². The molecule has 5 heteroatoms. The molecule has 0 aliphatic carbocycles. The Bertz CT molecular complexity index is 854. The van der Waals surface area contributed by atoms with Crippen LogP contribution in [0.25, 0.3) is 11.0 Å². The Hall–Kier alpha value is -2.82. The van der Waals surface area contributed by atoms with E-state index in [1.807, 2.05) is 44.2 Å². The molecule has 0 saturated heterocycles. The largest absolute Gasteiger partial charge is 0.496 e. The number of aromatic amines is 1. The van der Waals surface area contributed by atoms with E-state index in [9.17, 15) is 4.79 Å². The minimum atomic E-state index is -0.236. The summed E-state index contributed by atoms with van der Waals surface area (Å²) in [6.07, 6.45) is 0. The summed E-state index contributed by atoms with van der Waals surface area (Å²) >= 11 is 0. The maximum Gasteiger partial charge on any atom is 0.255 e. The molecule has 0 saturated carbocycles. The molecule has 1 unspecified atom stereocenters. The van der Waals surface area contributed by atoms with Crippen molar-refractivity contribution >= 4 is 16.9 Å². The van der Waals surface area contributed by atoms with E-state index in [4.69, 9.17) is 4.74 Å². The van der Waals surface area contributed by atoms with E-state index in [0.717, 1.165) is 16.9 Å². The van der Waals surface area contributed by atoms with E-state index in [1.165, 1.54) is 5.56 Å². The topological polar surface area (TPSA) is 67.0 Å². The average molecular weight is 309 g/mol. The molecule has 1 aromatic heterocycles. The number of fused-ring (bicyclic) bond motifs is 1. The molecule has 3 rings (SSSR count). The number of hydrogen-bond acceptors (Lipinski definition) is 3. The summed E-state index contributed by atoms with van der Waals surface area (Å²) in [6, 6.07) is 12.9. The number of aromatic nitrogens is 2. The van der Waals surface area contributed by atoms with Gasteiger partial charge < -0.3 is 15.0 Å². The van der Waals surface area contributed by atoms with Crippen LogP contribution < -0.4 is 10.1 Å². The average Bonchev–Trinajstić information content (AvgIpc) is 2.97. The van der Waals surface area contributed by atoms with Crippen LogP contribution in [0.4, 0.5) is 0 Å². The van der Waals surface area contributed by atoms with E-state index in [0.29, 0.717) is 11.3 Å². The maximum atomic E-state index is 12.4. The molecular formula is C18H19N3O2. The number of para-hydroxylation sites is 1. The Labute approximate surface area is 134 Å². The lowest BCUT2D eigenvalue weighted by Gasteiger charge is -2.13. The quantitative estimate of drug-likeness (QED) is 0.776. The highest BCUT2D eigenvalue weighted by Gasteiger charge is 2.17. The van der Waals surface area contributed by atoms with Crippen molar-refractivity contribution in [2.45, 2.75) is 19.9 Å². The zero-order chi connectivity index (χ0) is 16.4. The van der Waals surface area contributed by atoms with Gasteiger partial charge in [0.05, 0.1) is 29.7 Å². The number of imidazole rings is 1. The van der Waals surface area contributed by atoms with Crippen molar-refractivity contribution in [2.75, 3.05) is 7.11 Å². The molecule has 1 atom stereocenters. The Balaban J connectivity index is 1.82. The molecule has 23 heavy (non-hydrogen) atoms. The molecule has 2 aromatic carbocycles. The lowest BCUT2D eigenvalue weighted by molar-refractivity contribution is 0.0935. The lowest BCUT2D eigenvalue weighted by Crippen LogP contribution is -2.27. The van der Waals surface area contributed by atoms with Gasteiger partial charge >= 0.3 is 0 Å². The Morgan fingerprint density at radius 2 is 2.04 bits per heavy atom. The first kappa shape index (κ1) is 15.1. The first-order chi connectivity index (χ1) is 11.1. The third kappa shape index (κ3) is 3.04. The minimum absolute atomic E-state index is 0.188. The Morgan fingerprint density at radius 1 is 1.26 bits per heavy atom. The van der Waals surface area contributed by atoms with Crippen LogP contribution in [0.5, 0.6) is 5.75 Å². The van der Waals surface area contributed by atoms with Crippen LogP contribution in [0, 0.1) is 6.92 Å². The van der Waals surface area contributed by atoms with Crippen LogP contribution >= 0.6 is 0 Å². The Morgan fingerprint density at radius 3 is 2.83 bits per heavy atom. The van der Waals surface area contributed by atoms with Crippen LogP contribution in [0.15, 0.2) is 42.5 Å². The fraction of sp³-hybridized carbons (Fsp3) is 0.222. The first-order valence-corrected chi connectivity index (χ1v) is 7.48. The van der Waals surface area contributed by atoms with Crippen LogP contribution in [-0.2, 0) is 0 Å². The van der Waals surface area contributed by atoms with E-state index in [2.05, 4.69) is 15.3 Å². The zero-order valence-electron chi connectivity index (χ0n) is 13.4. The number of aryl methyl sites for hydroxylation is 1. The van der Waals surface area contributed by atoms with Crippen LogP contribution in [0.3, 0.4) is 0 Å². The van der Waals surface area contributed by atoms with Crippen molar-refractivity contribution in [3.8, 4) is 5.75 Å². The molecule has 0 aliphatic rings. The zero-order valence-corrected chi connectivity index (χ0v) is 13.4. The number of H-pyrrole nitrogens is 1. The van der Waals surface area contributed by atoms with Crippen molar-refractivity contribution in [3.05, 3.63) is 59.4 Å². The first-order valence-electron chi connectivity index (χ1n) is 7.48. The highest BCUT2D eigenvalue weighted by atomic mass is 16.5. The molecule has 1 heterocycles. The van der Waals surface area contributed by atoms with E-state index < -0.39 is 0 Å². The number of nitrogens with zero attached hydrogens (tertiary/aromatic N) is 1. The smallest absolute Gasteiger partial charge is 0.255 e. The van der Waals surface area contributed by atoms with Crippen molar-refractivity contribution in [3.63, 3.8) is 0 Å². The third-order valence-electron chi connectivity index (χ3n) is 3.77. The van der Waals surface area contributed by atoms with Gasteiger partial charge in [0.2, 0.25) is 0 Å². The van der Waals surface area contributed by atoms with Gasteiger partial charge in [-0.3, -0.25) is 4.79 Å². The van der Waals surface area contributed by atoms with Gasteiger partial charge in [-0.1, -0.05) is 18.2 Å². The summed E-state index contributed by atoms with van der Waals surface area (Å²) in [7, 11) is 1.55. The van der Waals surface area contributed by atoms with Crippen molar-refractivity contribution in [1.82, 2.24) is 15.3 Å². The standard InChI is InChI=1S/C18H19N3O2/c1-11-8-9-14-15(10-11)21-17(20-14)12(2)19-18(22)13-6-4-5-7-16(13)23-3/h4-10,12H,1-3H3,(H,19,22)(H,20,21). The molecule has 3 aromatic rings. The molecule has 0 bridgehead atoms. The highest BCUT2D eigenvalue weighted by Crippen LogP contribution is 2.20. The lowest BCUT2D eigenvalue weighted by atomic mass is 10.1. The normalized spacial score (nSPS) is 12.1. The molecule has 0 spiro atoms. The second kappa shape index (κ2) is 6.12. The van der Waals surface area contributed by atoms with Crippen molar-refractivity contribution < 1.29 is 9.53 Å². The predicted octanol–water partition coefficient (Wildman–Crippen LogP) is 3.37. The molecule has 118 valence electrons. The number of amides is 1. The van der Waals surface area contributed by atoms with Gasteiger partial charge in [0, 0.05) is 0 Å². The summed E-state index contributed by atoms with van der Waals surface area (Å²) in [4.78, 5) is 20.3. The van der Waals surface area contributed by atoms with Gasteiger partial charge in [-0.25, -0.2) is 4.98 Å². The number of benzene rings is 2. The van der Waals surface area contributed by atoms with E-state index >= 15 is 0 Å².